The first-order chi connectivity index (χ1) is 11.5. The summed E-state index contributed by atoms with van der Waals surface area (Å²) in [5.41, 5.74) is 8.71. The zero-order valence-electron chi connectivity index (χ0n) is 13.3. The Bertz CT molecular complexity index is 592. The lowest BCUT2D eigenvalue weighted by atomic mass is 9.97. The first-order valence-corrected chi connectivity index (χ1v) is 7.97. The smallest absolute Gasteiger partial charge is 0.303 e. The van der Waals surface area contributed by atoms with Gasteiger partial charge < -0.3 is 18.9 Å². The summed E-state index contributed by atoms with van der Waals surface area (Å²) >= 11 is 16.7. The summed E-state index contributed by atoms with van der Waals surface area (Å²) in [7, 11) is 0. The van der Waals surface area contributed by atoms with Gasteiger partial charge in [0.05, 0.1) is 6.10 Å². The second-order valence-corrected chi connectivity index (χ2v) is 7.28. The first kappa shape index (κ1) is 21.6. The molecule has 0 aromatic carbocycles. The predicted octanol–water partition coefficient (Wildman–Crippen LogP) is 2.64. The number of alkyl halides is 3. The third-order valence-electron chi connectivity index (χ3n) is 3.04. The third kappa shape index (κ3) is 6.09. The predicted molar refractivity (Wildman–Crippen MR) is 87.5 cm³/mol. The van der Waals surface area contributed by atoms with Crippen LogP contribution in [0.25, 0.3) is 10.4 Å². The molecule has 5 atom stereocenters. The molecule has 0 saturated carbocycles. The molecule has 1 rings (SSSR count). The number of carbonyl (C=O) groups is 2. The van der Waals surface area contributed by atoms with Gasteiger partial charge in [0.15, 0.2) is 6.10 Å². The molecule has 0 spiro atoms. The van der Waals surface area contributed by atoms with Gasteiger partial charge in [-0.1, -0.05) is 39.9 Å². The average Bonchev–Trinajstić information content (AvgIpc) is 2.44. The highest BCUT2D eigenvalue weighted by Crippen LogP contribution is 2.33. The molecule has 1 heterocycles. The van der Waals surface area contributed by atoms with Crippen LogP contribution in [0.1, 0.15) is 20.8 Å². The number of carbonyl (C=O) groups excluding carboxylic acids is 2. The van der Waals surface area contributed by atoms with Crippen LogP contribution in [0.3, 0.4) is 0 Å². The fraction of sp³-hybridized carbons (Fsp3) is 0.750. The van der Waals surface area contributed by atoms with Gasteiger partial charge in [-0.2, -0.15) is 0 Å². The lowest BCUT2D eigenvalue weighted by Gasteiger charge is -2.42. The molecule has 1 aliphatic heterocycles. The van der Waals surface area contributed by atoms with Crippen molar-refractivity contribution in [2.24, 2.45) is 5.11 Å². The second kappa shape index (κ2) is 8.77. The van der Waals surface area contributed by atoms with E-state index in [1.165, 1.54) is 6.92 Å². The molecule has 0 amide bonds. The minimum Gasteiger partial charge on any atom is -0.458 e. The van der Waals surface area contributed by atoms with E-state index in [0.717, 1.165) is 13.8 Å². The van der Waals surface area contributed by atoms with Crippen molar-refractivity contribution in [2.75, 3.05) is 0 Å². The lowest BCUT2D eigenvalue weighted by molar-refractivity contribution is -0.256. The first-order valence-electron chi connectivity index (χ1n) is 6.83. The molecular formula is C12H15Cl3N4O6. The molecule has 1 fully saturated rings. The number of ether oxygens (including phenoxy) is 4. The Kier molecular flexibility index (Phi) is 7.58. The summed E-state index contributed by atoms with van der Waals surface area (Å²) in [6.07, 6.45) is -4.84. The highest BCUT2D eigenvalue weighted by molar-refractivity contribution is 6.76. The van der Waals surface area contributed by atoms with Crippen LogP contribution in [0.4, 0.5) is 0 Å². The maximum absolute atomic E-state index is 11.4. The van der Waals surface area contributed by atoms with Crippen LogP contribution in [-0.4, -0.2) is 52.3 Å². The molecule has 0 bridgehead atoms. The molecule has 0 aromatic heterocycles. The van der Waals surface area contributed by atoms with Gasteiger partial charge in [0.2, 0.25) is 18.3 Å². The Labute approximate surface area is 157 Å². The molecule has 0 radical (unpaired) electrons. The van der Waals surface area contributed by atoms with E-state index in [9.17, 15) is 9.59 Å². The number of hydrogen-bond acceptors (Lipinski definition) is 8. The maximum Gasteiger partial charge on any atom is 0.303 e. The van der Waals surface area contributed by atoms with Crippen molar-refractivity contribution in [2.45, 2.75) is 55.2 Å². The zero-order chi connectivity index (χ0) is 19.4. The standard InChI is InChI=1S/C12H15Cl3N4O6/c1-4-7(18-19-17)8(23-5(2)20)9(24-6(3)21)10(22-4)25-11(16)12(13,14)15/h4,7-10,16H,1-3H3/t4-,7-,8+,9-,10-/m1/s1. The van der Waals surface area contributed by atoms with Crippen LogP contribution in [0, 0.1) is 5.41 Å². The van der Waals surface area contributed by atoms with Crippen LogP contribution in [0.2, 0.25) is 0 Å². The number of nitrogens with one attached hydrogen (secondary N) is 1. The largest absolute Gasteiger partial charge is 0.458 e. The van der Waals surface area contributed by atoms with Gasteiger partial charge >= 0.3 is 11.9 Å². The Morgan fingerprint density at radius 3 is 2.12 bits per heavy atom. The summed E-state index contributed by atoms with van der Waals surface area (Å²) < 4.78 is 18.6. The molecule has 1 aliphatic rings. The van der Waals surface area contributed by atoms with Crippen LogP contribution < -0.4 is 0 Å². The van der Waals surface area contributed by atoms with Crippen molar-refractivity contribution >= 4 is 52.6 Å². The monoisotopic (exact) mass is 416 g/mol. The summed E-state index contributed by atoms with van der Waals surface area (Å²) in [6, 6.07) is -1.01. The Hall–Kier alpha value is -1.45. The molecule has 1 saturated heterocycles. The second-order valence-electron chi connectivity index (χ2n) is 5.00. The van der Waals surface area contributed by atoms with E-state index in [2.05, 4.69) is 10.0 Å². The number of azide groups is 1. The van der Waals surface area contributed by atoms with Crippen molar-refractivity contribution in [3.8, 4) is 0 Å². The fourth-order valence-electron chi connectivity index (χ4n) is 2.13. The van der Waals surface area contributed by atoms with Crippen LogP contribution in [0.15, 0.2) is 5.11 Å². The number of rotatable bonds is 4. The van der Waals surface area contributed by atoms with E-state index in [1.807, 2.05) is 0 Å². The van der Waals surface area contributed by atoms with Crippen LogP contribution >= 0.6 is 34.8 Å². The topological polar surface area (TPSA) is 144 Å². The van der Waals surface area contributed by atoms with Crippen LogP contribution in [0.5, 0.6) is 0 Å². The number of halogens is 3. The summed E-state index contributed by atoms with van der Waals surface area (Å²) in [5.74, 6) is -2.27. The SMILES string of the molecule is CC(=O)O[C@H]1[C@@H](OC(=N)C(Cl)(Cl)Cl)O[C@H](C)[C@@H](N=[N+]=[N-])[C@@H]1OC(C)=O. The van der Waals surface area contributed by atoms with E-state index in [4.69, 9.17) is 64.7 Å². The molecule has 0 aliphatic carbocycles. The van der Waals surface area contributed by atoms with Crippen LogP contribution in [-0.2, 0) is 28.5 Å². The number of nitrogens with zero attached hydrogens (tertiary/aromatic N) is 3. The molecule has 140 valence electrons. The molecule has 0 aromatic rings. The highest BCUT2D eigenvalue weighted by atomic mass is 35.6. The minimum absolute atomic E-state index is 0.718. The Morgan fingerprint density at radius 2 is 1.68 bits per heavy atom. The van der Waals surface area contributed by atoms with E-state index >= 15 is 0 Å². The fourth-order valence-corrected chi connectivity index (χ4v) is 2.26. The van der Waals surface area contributed by atoms with Gasteiger partial charge in [-0.15, -0.1) is 0 Å². The average molecular weight is 418 g/mol. The molecular weight excluding hydrogens is 403 g/mol. The third-order valence-corrected chi connectivity index (χ3v) is 3.55. The van der Waals surface area contributed by atoms with Gasteiger partial charge in [-0.25, -0.2) is 0 Å². The summed E-state index contributed by atoms with van der Waals surface area (Å²) in [6.45, 7) is 3.73. The maximum atomic E-state index is 11.4. The molecule has 1 N–H and O–H groups in total. The quantitative estimate of drug-likeness (QED) is 0.142. The van der Waals surface area contributed by atoms with Gasteiger partial charge in [-0.05, 0) is 12.5 Å². The molecule has 25 heavy (non-hydrogen) atoms. The van der Waals surface area contributed by atoms with Crippen molar-refractivity contribution in [1.29, 1.82) is 5.41 Å². The molecule has 13 heteroatoms. The summed E-state index contributed by atoms with van der Waals surface area (Å²) in [5, 5.41) is 11.1. The van der Waals surface area contributed by atoms with Crippen molar-refractivity contribution in [1.82, 2.24) is 0 Å². The highest BCUT2D eigenvalue weighted by Gasteiger charge is 2.50. The van der Waals surface area contributed by atoms with E-state index in [0.29, 0.717) is 0 Å². The Morgan fingerprint density at radius 1 is 1.16 bits per heavy atom. The van der Waals surface area contributed by atoms with E-state index in [1.54, 1.807) is 0 Å². The van der Waals surface area contributed by atoms with E-state index in [-0.39, 0.29) is 0 Å². The normalized spacial score (nSPS) is 29.1. The van der Waals surface area contributed by atoms with Gasteiger partial charge in [-0.3, -0.25) is 15.0 Å². The minimum atomic E-state index is -2.19. The van der Waals surface area contributed by atoms with Gasteiger partial charge in [0.25, 0.3) is 3.79 Å². The Balaban J connectivity index is 3.22. The van der Waals surface area contributed by atoms with Gasteiger partial charge in [0.1, 0.15) is 6.04 Å². The van der Waals surface area contributed by atoms with Crippen molar-refractivity contribution in [3.63, 3.8) is 0 Å². The van der Waals surface area contributed by atoms with E-state index < -0.39 is 52.3 Å². The number of hydrogen-bond donors (Lipinski definition) is 1. The van der Waals surface area contributed by atoms with Crippen molar-refractivity contribution in [3.05, 3.63) is 10.4 Å². The zero-order valence-corrected chi connectivity index (χ0v) is 15.6. The number of esters is 2. The molecule has 0 unspecified atom stereocenters. The van der Waals surface area contributed by atoms with Gasteiger partial charge in [0, 0.05) is 18.8 Å². The summed E-state index contributed by atoms with van der Waals surface area (Å²) in [4.78, 5) is 25.5. The van der Waals surface area contributed by atoms with Crippen molar-refractivity contribution < 1.29 is 28.5 Å². The molecule has 10 nitrogen and oxygen atoms in total. The lowest BCUT2D eigenvalue weighted by Crippen LogP contribution is -2.60.